The molecule has 0 aliphatic rings. The van der Waals surface area contributed by atoms with Crippen molar-refractivity contribution >= 4 is 21.9 Å². The van der Waals surface area contributed by atoms with E-state index in [1.165, 1.54) is 7.11 Å². The van der Waals surface area contributed by atoms with Crippen LogP contribution in [0.15, 0.2) is 59.1 Å². The number of aromatic amines is 1. The molecule has 0 radical (unpaired) electrons. The third kappa shape index (κ3) is 3.65. The molecule has 1 N–H and O–H groups in total. The number of carbonyl (C=O) groups excluding carboxylic acids is 1. The number of hydrogen-bond acceptors (Lipinski definition) is 4. The zero-order chi connectivity index (χ0) is 16.9. The summed E-state index contributed by atoms with van der Waals surface area (Å²) in [6, 6.07) is 17.2. The molecule has 122 valence electrons. The summed E-state index contributed by atoms with van der Waals surface area (Å²) in [5, 5.41) is 6.86. The normalized spacial score (nSPS) is 10.4. The zero-order valence-corrected chi connectivity index (χ0v) is 14.5. The third-order valence-electron chi connectivity index (χ3n) is 3.44. The molecule has 0 unspecified atom stereocenters. The number of aromatic nitrogens is 2. The maximum absolute atomic E-state index is 11.6. The molecule has 0 saturated heterocycles. The van der Waals surface area contributed by atoms with Gasteiger partial charge in [-0.15, -0.1) is 0 Å². The van der Waals surface area contributed by atoms with Crippen LogP contribution in [0.2, 0.25) is 0 Å². The number of hydrogen-bond donors (Lipinski definition) is 1. The molecule has 0 amide bonds. The van der Waals surface area contributed by atoms with Crippen molar-refractivity contribution in [1.82, 2.24) is 10.2 Å². The molecule has 1 aromatic heterocycles. The van der Waals surface area contributed by atoms with E-state index in [4.69, 9.17) is 9.47 Å². The minimum atomic E-state index is -0.461. The fourth-order valence-corrected chi connectivity index (χ4v) is 2.58. The number of methoxy groups -OCH3 is 1. The van der Waals surface area contributed by atoms with Crippen LogP contribution in [-0.4, -0.2) is 23.3 Å². The lowest BCUT2D eigenvalue weighted by Gasteiger charge is -2.11. The highest BCUT2D eigenvalue weighted by atomic mass is 79.9. The van der Waals surface area contributed by atoms with Gasteiger partial charge < -0.3 is 9.47 Å². The van der Waals surface area contributed by atoms with Crippen LogP contribution in [0.25, 0.3) is 11.3 Å². The first kappa shape index (κ1) is 16.3. The van der Waals surface area contributed by atoms with Gasteiger partial charge in [-0.2, -0.15) is 5.10 Å². The number of halogens is 1. The summed E-state index contributed by atoms with van der Waals surface area (Å²) in [6.45, 7) is 0.443. The van der Waals surface area contributed by atoms with Crippen molar-refractivity contribution in [3.05, 3.63) is 70.3 Å². The lowest BCUT2D eigenvalue weighted by molar-refractivity contribution is 0.0594. The zero-order valence-electron chi connectivity index (χ0n) is 13.0. The van der Waals surface area contributed by atoms with Gasteiger partial charge in [0.2, 0.25) is 0 Å². The number of esters is 1. The van der Waals surface area contributed by atoms with E-state index >= 15 is 0 Å². The number of H-pyrrole nitrogens is 1. The van der Waals surface area contributed by atoms with Gasteiger partial charge in [0.1, 0.15) is 18.1 Å². The molecular weight excluding hydrogens is 372 g/mol. The van der Waals surface area contributed by atoms with Crippen molar-refractivity contribution in [2.24, 2.45) is 0 Å². The molecule has 24 heavy (non-hydrogen) atoms. The molecule has 5 nitrogen and oxygen atoms in total. The third-order valence-corrected chi connectivity index (χ3v) is 3.93. The number of carbonyl (C=O) groups is 1. The lowest BCUT2D eigenvalue weighted by atomic mass is 10.1. The van der Waals surface area contributed by atoms with E-state index in [2.05, 4.69) is 26.1 Å². The largest absolute Gasteiger partial charge is 0.488 e. The monoisotopic (exact) mass is 386 g/mol. The Hall–Kier alpha value is -2.60. The molecule has 6 heteroatoms. The van der Waals surface area contributed by atoms with Crippen LogP contribution < -0.4 is 4.74 Å². The van der Waals surface area contributed by atoms with Crippen LogP contribution in [-0.2, 0) is 11.3 Å². The highest BCUT2D eigenvalue weighted by Gasteiger charge is 2.14. The summed E-state index contributed by atoms with van der Waals surface area (Å²) < 4.78 is 11.5. The summed E-state index contributed by atoms with van der Waals surface area (Å²) in [6.07, 6.45) is 0. The van der Waals surface area contributed by atoms with Gasteiger partial charge in [0.25, 0.3) is 0 Å². The predicted octanol–water partition coefficient (Wildman–Crippen LogP) is 4.20. The number of nitrogens with zero attached hydrogens (tertiary/aromatic N) is 1. The van der Waals surface area contributed by atoms with Crippen molar-refractivity contribution < 1.29 is 14.3 Å². The molecule has 3 rings (SSSR count). The Morgan fingerprint density at radius 2 is 1.96 bits per heavy atom. The lowest BCUT2D eigenvalue weighted by Crippen LogP contribution is -2.00. The van der Waals surface area contributed by atoms with E-state index in [0.717, 1.165) is 15.6 Å². The van der Waals surface area contributed by atoms with Gasteiger partial charge in [0, 0.05) is 10.0 Å². The van der Waals surface area contributed by atoms with Crippen molar-refractivity contribution in [3.63, 3.8) is 0 Å². The van der Waals surface area contributed by atoms with Crippen molar-refractivity contribution in [2.45, 2.75) is 6.61 Å². The van der Waals surface area contributed by atoms with Gasteiger partial charge in [-0.3, -0.25) is 5.10 Å². The first-order valence-corrected chi connectivity index (χ1v) is 8.07. The van der Waals surface area contributed by atoms with Gasteiger partial charge in [-0.05, 0) is 29.8 Å². The number of benzene rings is 2. The quantitative estimate of drug-likeness (QED) is 0.667. The van der Waals surface area contributed by atoms with Gasteiger partial charge in [-0.1, -0.05) is 46.3 Å². The number of rotatable bonds is 5. The van der Waals surface area contributed by atoms with E-state index in [1.807, 2.05) is 48.5 Å². The maximum Gasteiger partial charge on any atom is 0.356 e. The second kappa shape index (κ2) is 7.31. The highest BCUT2D eigenvalue weighted by molar-refractivity contribution is 9.10. The second-order valence-corrected chi connectivity index (χ2v) is 5.99. The number of ether oxygens (including phenoxy) is 2. The second-order valence-electron chi connectivity index (χ2n) is 5.07. The fourth-order valence-electron chi connectivity index (χ4n) is 2.24. The van der Waals surface area contributed by atoms with Gasteiger partial charge in [0.15, 0.2) is 0 Å². The molecule has 0 aliphatic carbocycles. The molecule has 0 bridgehead atoms. The van der Waals surface area contributed by atoms with Gasteiger partial charge >= 0.3 is 5.97 Å². The highest BCUT2D eigenvalue weighted by Crippen LogP contribution is 2.32. The van der Waals surface area contributed by atoms with Crippen molar-refractivity contribution in [2.75, 3.05) is 7.11 Å². The Morgan fingerprint density at radius 3 is 2.71 bits per heavy atom. The maximum atomic E-state index is 11.6. The summed E-state index contributed by atoms with van der Waals surface area (Å²) >= 11 is 3.45. The summed E-state index contributed by atoms with van der Waals surface area (Å²) in [5.74, 6) is 0.216. The Labute approximate surface area is 147 Å². The van der Waals surface area contributed by atoms with Gasteiger partial charge in [-0.25, -0.2) is 4.79 Å². The van der Waals surface area contributed by atoms with Crippen LogP contribution in [0.4, 0.5) is 0 Å². The van der Waals surface area contributed by atoms with Crippen LogP contribution in [0, 0.1) is 0 Å². The minimum Gasteiger partial charge on any atom is -0.488 e. The minimum absolute atomic E-state index is 0.296. The Kier molecular flexibility index (Phi) is 4.96. The average molecular weight is 387 g/mol. The topological polar surface area (TPSA) is 64.2 Å². The van der Waals surface area contributed by atoms with E-state index in [-0.39, 0.29) is 0 Å². The molecule has 0 atom stereocenters. The Balaban J connectivity index is 1.88. The van der Waals surface area contributed by atoms with E-state index < -0.39 is 5.97 Å². The van der Waals surface area contributed by atoms with Crippen LogP contribution in [0.1, 0.15) is 16.1 Å². The predicted molar refractivity (Wildman–Crippen MR) is 93.8 cm³/mol. The molecule has 1 heterocycles. The molecule has 0 spiro atoms. The average Bonchev–Trinajstić information content (AvgIpc) is 3.10. The SMILES string of the molecule is COC(=O)c1cc(-c2ccc(Br)cc2OCc2ccccc2)n[nH]1. The Bertz CT molecular complexity index is 846. The van der Waals surface area contributed by atoms with Crippen LogP contribution in [0.3, 0.4) is 0 Å². The first-order valence-electron chi connectivity index (χ1n) is 7.28. The molecule has 2 aromatic carbocycles. The first-order chi connectivity index (χ1) is 11.7. The van der Waals surface area contributed by atoms with Gasteiger partial charge in [0.05, 0.1) is 12.8 Å². The molecule has 0 aliphatic heterocycles. The van der Waals surface area contributed by atoms with Crippen LogP contribution >= 0.6 is 15.9 Å². The smallest absolute Gasteiger partial charge is 0.356 e. The molecule has 0 saturated carbocycles. The molecule has 0 fully saturated rings. The van der Waals surface area contributed by atoms with Crippen molar-refractivity contribution in [1.29, 1.82) is 0 Å². The van der Waals surface area contributed by atoms with Crippen molar-refractivity contribution in [3.8, 4) is 17.0 Å². The summed E-state index contributed by atoms with van der Waals surface area (Å²) in [7, 11) is 1.33. The number of nitrogens with one attached hydrogen (secondary N) is 1. The molecule has 3 aromatic rings. The standard InChI is InChI=1S/C18H15BrN2O3/c1-23-18(22)16-10-15(20-21-16)14-8-7-13(19)9-17(14)24-11-12-5-3-2-4-6-12/h2-10H,11H2,1H3,(H,20,21). The fraction of sp³-hybridized carbons (Fsp3) is 0.111. The van der Waals surface area contributed by atoms with E-state index in [9.17, 15) is 4.79 Å². The van der Waals surface area contributed by atoms with E-state index in [1.54, 1.807) is 6.07 Å². The summed E-state index contributed by atoms with van der Waals surface area (Å²) in [5.41, 5.74) is 2.77. The summed E-state index contributed by atoms with van der Waals surface area (Å²) in [4.78, 5) is 11.6. The Morgan fingerprint density at radius 1 is 1.17 bits per heavy atom. The van der Waals surface area contributed by atoms with Crippen LogP contribution in [0.5, 0.6) is 5.75 Å². The van der Waals surface area contributed by atoms with E-state index in [0.29, 0.717) is 23.7 Å². The molecular formula is C18H15BrN2O3.